The SMILES string of the molecule is COc1cccc([C@H](C)NCc2ccc(O)c(Cl)c2)c1. The number of nitrogens with one attached hydrogen (secondary N) is 1. The first-order chi connectivity index (χ1) is 9.60. The first-order valence-electron chi connectivity index (χ1n) is 6.45. The monoisotopic (exact) mass is 291 g/mol. The Morgan fingerprint density at radius 3 is 2.75 bits per heavy atom. The van der Waals surface area contributed by atoms with Gasteiger partial charge in [-0.25, -0.2) is 0 Å². The summed E-state index contributed by atoms with van der Waals surface area (Å²) in [4.78, 5) is 0. The van der Waals surface area contributed by atoms with Gasteiger partial charge >= 0.3 is 0 Å². The standard InChI is InChI=1S/C16H18ClNO2/c1-11(13-4-3-5-14(9-13)20-2)18-10-12-6-7-16(19)15(17)8-12/h3-9,11,18-19H,10H2,1-2H3/t11-/m0/s1. The third-order valence-corrected chi connectivity index (χ3v) is 3.52. The second kappa shape index (κ2) is 6.64. The Hall–Kier alpha value is -1.71. The van der Waals surface area contributed by atoms with Crippen LogP contribution in [0, 0.1) is 0 Å². The van der Waals surface area contributed by atoms with Crippen molar-refractivity contribution in [2.45, 2.75) is 19.5 Å². The molecule has 3 nitrogen and oxygen atoms in total. The minimum Gasteiger partial charge on any atom is -0.506 e. The van der Waals surface area contributed by atoms with E-state index in [4.69, 9.17) is 16.3 Å². The van der Waals surface area contributed by atoms with E-state index in [1.54, 1.807) is 19.2 Å². The van der Waals surface area contributed by atoms with Gasteiger partial charge in [0.2, 0.25) is 0 Å². The normalized spacial score (nSPS) is 12.2. The second-order valence-electron chi connectivity index (χ2n) is 4.66. The maximum atomic E-state index is 9.39. The van der Waals surface area contributed by atoms with Crippen LogP contribution in [-0.2, 0) is 6.54 Å². The van der Waals surface area contributed by atoms with Crippen molar-refractivity contribution >= 4 is 11.6 Å². The molecular weight excluding hydrogens is 274 g/mol. The van der Waals surface area contributed by atoms with Crippen molar-refractivity contribution in [3.05, 3.63) is 58.6 Å². The lowest BCUT2D eigenvalue weighted by Gasteiger charge is -2.15. The van der Waals surface area contributed by atoms with E-state index in [1.165, 1.54) is 0 Å². The van der Waals surface area contributed by atoms with Crippen molar-refractivity contribution in [3.8, 4) is 11.5 Å². The number of hydrogen-bond acceptors (Lipinski definition) is 3. The molecule has 2 aromatic rings. The Kier molecular flexibility index (Phi) is 4.88. The van der Waals surface area contributed by atoms with E-state index in [9.17, 15) is 5.11 Å². The van der Waals surface area contributed by atoms with Crippen molar-refractivity contribution in [3.63, 3.8) is 0 Å². The molecular formula is C16H18ClNO2. The minimum absolute atomic E-state index is 0.108. The van der Waals surface area contributed by atoms with Gasteiger partial charge in [-0.1, -0.05) is 29.8 Å². The van der Waals surface area contributed by atoms with Crippen LogP contribution in [0.5, 0.6) is 11.5 Å². The highest BCUT2D eigenvalue weighted by molar-refractivity contribution is 6.32. The fourth-order valence-corrected chi connectivity index (χ4v) is 2.16. The highest BCUT2D eigenvalue weighted by Crippen LogP contribution is 2.24. The zero-order chi connectivity index (χ0) is 14.5. The number of phenols is 1. The summed E-state index contributed by atoms with van der Waals surface area (Å²) in [5.41, 5.74) is 2.19. The zero-order valence-electron chi connectivity index (χ0n) is 11.6. The molecule has 0 aliphatic carbocycles. The summed E-state index contributed by atoms with van der Waals surface area (Å²) in [5, 5.41) is 13.2. The van der Waals surface area contributed by atoms with Gasteiger partial charge in [0.25, 0.3) is 0 Å². The first-order valence-corrected chi connectivity index (χ1v) is 6.82. The Morgan fingerprint density at radius 2 is 2.05 bits per heavy atom. The molecule has 0 aliphatic rings. The Bertz CT molecular complexity index is 586. The molecule has 106 valence electrons. The average Bonchev–Trinajstić information content (AvgIpc) is 2.48. The fourth-order valence-electron chi connectivity index (χ4n) is 1.96. The van der Waals surface area contributed by atoms with Crippen molar-refractivity contribution in [2.75, 3.05) is 7.11 Å². The van der Waals surface area contributed by atoms with Crippen LogP contribution in [0.25, 0.3) is 0 Å². The van der Waals surface area contributed by atoms with Gasteiger partial charge in [-0.15, -0.1) is 0 Å². The van der Waals surface area contributed by atoms with Crippen LogP contribution in [0.3, 0.4) is 0 Å². The van der Waals surface area contributed by atoms with Crippen LogP contribution in [-0.4, -0.2) is 12.2 Å². The Morgan fingerprint density at radius 1 is 1.25 bits per heavy atom. The molecule has 0 unspecified atom stereocenters. The predicted molar refractivity (Wildman–Crippen MR) is 81.4 cm³/mol. The van der Waals surface area contributed by atoms with Gasteiger partial charge < -0.3 is 15.2 Å². The van der Waals surface area contributed by atoms with Crippen LogP contribution in [0.15, 0.2) is 42.5 Å². The van der Waals surface area contributed by atoms with E-state index in [1.807, 2.05) is 24.3 Å². The van der Waals surface area contributed by atoms with E-state index in [0.29, 0.717) is 11.6 Å². The van der Waals surface area contributed by atoms with Gasteiger partial charge in [0.15, 0.2) is 0 Å². The van der Waals surface area contributed by atoms with E-state index in [2.05, 4.69) is 18.3 Å². The van der Waals surface area contributed by atoms with Crippen LogP contribution < -0.4 is 10.1 Å². The number of halogens is 1. The smallest absolute Gasteiger partial charge is 0.134 e. The number of benzene rings is 2. The summed E-state index contributed by atoms with van der Waals surface area (Å²) in [6, 6.07) is 13.4. The average molecular weight is 292 g/mol. The zero-order valence-corrected chi connectivity index (χ0v) is 12.3. The molecule has 2 aromatic carbocycles. The summed E-state index contributed by atoms with van der Waals surface area (Å²) in [5.74, 6) is 0.958. The molecule has 0 radical (unpaired) electrons. The molecule has 0 fully saturated rings. The van der Waals surface area contributed by atoms with Crippen LogP contribution >= 0.6 is 11.6 Å². The lowest BCUT2D eigenvalue weighted by atomic mass is 10.1. The molecule has 0 saturated heterocycles. The molecule has 20 heavy (non-hydrogen) atoms. The number of rotatable bonds is 5. The maximum absolute atomic E-state index is 9.39. The number of aromatic hydroxyl groups is 1. The third kappa shape index (κ3) is 3.65. The van der Waals surface area contributed by atoms with Gasteiger partial charge in [0.1, 0.15) is 11.5 Å². The van der Waals surface area contributed by atoms with Crippen LogP contribution in [0.2, 0.25) is 5.02 Å². The lowest BCUT2D eigenvalue weighted by molar-refractivity contribution is 0.413. The minimum atomic E-state index is 0.108. The number of hydrogen-bond donors (Lipinski definition) is 2. The topological polar surface area (TPSA) is 41.5 Å². The summed E-state index contributed by atoms with van der Waals surface area (Å²) in [6.45, 7) is 2.77. The van der Waals surface area contributed by atoms with Crippen LogP contribution in [0.4, 0.5) is 0 Å². The van der Waals surface area contributed by atoms with Gasteiger partial charge in [-0.2, -0.15) is 0 Å². The molecule has 0 saturated carbocycles. The first kappa shape index (κ1) is 14.7. The van der Waals surface area contributed by atoms with Crippen molar-refractivity contribution in [1.82, 2.24) is 5.32 Å². The quantitative estimate of drug-likeness (QED) is 0.878. The van der Waals surface area contributed by atoms with E-state index in [-0.39, 0.29) is 11.8 Å². The third-order valence-electron chi connectivity index (χ3n) is 3.22. The number of phenolic OH excluding ortho intramolecular Hbond substituents is 1. The fraction of sp³-hybridized carbons (Fsp3) is 0.250. The summed E-state index contributed by atoms with van der Waals surface area (Å²) >= 11 is 5.89. The Labute approximate surface area is 124 Å². The lowest BCUT2D eigenvalue weighted by Crippen LogP contribution is -2.18. The molecule has 0 aromatic heterocycles. The van der Waals surface area contributed by atoms with Crippen molar-refractivity contribution in [1.29, 1.82) is 0 Å². The highest BCUT2D eigenvalue weighted by Gasteiger charge is 2.07. The largest absolute Gasteiger partial charge is 0.506 e. The number of methoxy groups -OCH3 is 1. The van der Waals surface area contributed by atoms with Gasteiger partial charge in [0, 0.05) is 12.6 Å². The van der Waals surface area contributed by atoms with Crippen molar-refractivity contribution < 1.29 is 9.84 Å². The molecule has 0 aliphatic heterocycles. The molecule has 4 heteroatoms. The molecule has 2 N–H and O–H groups in total. The summed E-state index contributed by atoms with van der Waals surface area (Å²) in [7, 11) is 1.66. The number of ether oxygens (including phenoxy) is 1. The molecule has 2 rings (SSSR count). The van der Waals surface area contributed by atoms with E-state index in [0.717, 1.165) is 16.9 Å². The van der Waals surface area contributed by atoms with Gasteiger partial charge in [-0.05, 0) is 42.3 Å². The molecule has 0 amide bonds. The second-order valence-corrected chi connectivity index (χ2v) is 5.07. The van der Waals surface area contributed by atoms with Crippen LogP contribution in [0.1, 0.15) is 24.1 Å². The molecule has 0 heterocycles. The Balaban J connectivity index is 2.00. The maximum Gasteiger partial charge on any atom is 0.134 e. The summed E-state index contributed by atoms with van der Waals surface area (Å²) < 4.78 is 5.22. The molecule has 0 bridgehead atoms. The van der Waals surface area contributed by atoms with E-state index < -0.39 is 0 Å². The predicted octanol–water partition coefficient (Wildman–Crippen LogP) is 3.91. The van der Waals surface area contributed by atoms with E-state index >= 15 is 0 Å². The molecule has 0 spiro atoms. The summed E-state index contributed by atoms with van der Waals surface area (Å²) in [6.07, 6.45) is 0. The van der Waals surface area contributed by atoms with Gasteiger partial charge in [0.05, 0.1) is 12.1 Å². The highest BCUT2D eigenvalue weighted by atomic mass is 35.5. The van der Waals surface area contributed by atoms with Crippen molar-refractivity contribution in [2.24, 2.45) is 0 Å². The van der Waals surface area contributed by atoms with Gasteiger partial charge in [-0.3, -0.25) is 0 Å². The molecule has 1 atom stereocenters.